The summed E-state index contributed by atoms with van der Waals surface area (Å²) >= 11 is 0. The predicted molar refractivity (Wildman–Crippen MR) is 58.5 cm³/mol. The van der Waals surface area contributed by atoms with Crippen LogP contribution in [-0.2, 0) is 0 Å². The summed E-state index contributed by atoms with van der Waals surface area (Å²) in [6, 6.07) is 7.29. The number of nitrogens with zero attached hydrogens (tertiary/aromatic N) is 3. The summed E-state index contributed by atoms with van der Waals surface area (Å²) in [6.45, 7) is 3.66. The van der Waals surface area contributed by atoms with E-state index in [2.05, 4.69) is 16.7 Å². The standard InChI is InChI=1S/C11H12N4/c1-2-9(12)10-6-8-14-15(10)11-5-3-4-7-13-11/h2-9H,1,12H2. The molecule has 0 aromatic carbocycles. The molecule has 2 N–H and O–H groups in total. The average Bonchev–Trinajstić information content (AvgIpc) is 2.78. The largest absolute Gasteiger partial charge is 0.319 e. The van der Waals surface area contributed by atoms with Crippen molar-refractivity contribution in [3.05, 3.63) is 55.0 Å². The molecule has 4 nitrogen and oxygen atoms in total. The summed E-state index contributed by atoms with van der Waals surface area (Å²) in [4.78, 5) is 4.21. The third-order valence-electron chi connectivity index (χ3n) is 2.13. The van der Waals surface area contributed by atoms with Crippen molar-refractivity contribution in [3.63, 3.8) is 0 Å². The fraction of sp³-hybridized carbons (Fsp3) is 0.0909. The van der Waals surface area contributed by atoms with Gasteiger partial charge in [-0.05, 0) is 18.2 Å². The Morgan fingerprint density at radius 3 is 2.87 bits per heavy atom. The van der Waals surface area contributed by atoms with E-state index in [4.69, 9.17) is 5.73 Å². The Labute approximate surface area is 88.1 Å². The minimum Gasteiger partial charge on any atom is -0.319 e. The lowest BCUT2D eigenvalue weighted by atomic mass is 10.2. The van der Waals surface area contributed by atoms with E-state index in [1.54, 1.807) is 23.2 Å². The molecule has 2 aromatic rings. The quantitative estimate of drug-likeness (QED) is 0.763. The van der Waals surface area contributed by atoms with Crippen LogP contribution in [0, 0.1) is 0 Å². The summed E-state index contributed by atoms with van der Waals surface area (Å²) in [5, 5.41) is 4.18. The van der Waals surface area contributed by atoms with Gasteiger partial charge in [0.1, 0.15) is 0 Å². The zero-order valence-electron chi connectivity index (χ0n) is 8.24. The number of aromatic nitrogens is 3. The van der Waals surface area contributed by atoms with Crippen molar-refractivity contribution in [1.82, 2.24) is 14.8 Å². The Bertz CT molecular complexity index is 447. The Morgan fingerprint density at radius 1 is 1.33 bits per heavy atom. The van der Waals surface area contributed by atoms with E-state index in [1.807, 2.05) is 24.3 Å². The Hall–Kier alpha value is -1.94. The summed E-state index contributed by atoms with van der Waals surface area (Å²) < 4.78 is 1.71. The van der Waals surface area contributed by atoms with Crippen molar-refractivity contribution in [2.45, 2.75) is 6.04 Å². The first-order valence-electron chi connectivity index (χ1n) is 4.66. The van der Waals surface area contributed by atoms with Crippen LogP contribution < -0.4 is 5.73 Å². The van der Waals surface area contributed by atoms with Crippen molar-refractivity contribution in [2.24, 2.45) is 5.73 Å². The molecule has 0 aliphatic rings. The van der Waals surface area contributed by atoms with Crippen molar-refractivity contribution in [1.29, 1.82) is 0 Å². The number of hydrogen-bond donors (Lipinski definition) is 1. The van der Waals surface area contributed by atoms with Crippen LogP contribution in [0.5, 0.6) is 0 Å². The smallest absolute Gasteiger partial charge is 0.153 e. The van der Waals surface area contributed by atoms with Gasteiger partial charge in [-0.1, -0.05) is 12.1 Å². The SMILES string of the molecule is C=CC(N)c1ccnn1-c1ccccn1. The van der Waals surface area contributed by atoms with Crippen LogP contribution in [0.25, 0.3) is 5.82 Å². The maximum atomic E-state index is 5.87. The second kappa shape index (κ2) is 4.06. The van der Waals surface area contributed by atoms with Crippen LogP contribution in [0.1, 0.15) is 11.7 Å². The molecule has 2 heterocycles. The Balaban J connectivity index is 2.46. The topological polar surface area (TPSA) is 56.7 Å². The van der Waals surface area contributed by atoms with Crippen molar-refractivity contribution < 1.29 is 0 Å². The van der Waals surface area contributed by atoms with E-state index < -0.39 is 0 Å². The van der Waals surface area contributed by atoms with E-state index in [9.17, 15) is 0 Å². The van der Waals surface area contributed by atoms with Gasteiger partial charge in [0.05, 0.1) is 11.7 Å². The van der Waals surface area contributed by atoms with Gasteiger partial charge in [-0.25, -0.2) is 9.67 Å². The van der Waals surface area contributed by atoms with Crippen LogP contribution in [0.4, 0.5) is 0 Å². The maximum Gasteiger partial charge on any atom is 0.153 e. The van der Waals surface area contributed by atoms with Gasteiger partial charge in [-0.15, -0.1) is 6.58 Å². The van der Waals surface area contributed by atoms with Gasteiger partial charge >= 0.3 is 0 Å². The molecule has 0 saturated carbocycles. The normalized spacial score (nSPS) is 12.3. The highest BCUT2D eigenvalue weighted by Crippen LogP contribution is 2.14. The van der Waals surface area contributed by atoms with Crippen LogP contribution >= 0.6 is 0 Å². The third kappa shape index (κ3) is 1.80. The lowest BCUT2D eigenvalue weighted by molar-refractivity contribution is 0.740. The molecule has 0 bridgehead atoms. The van der Waals surface area contributed by atoms with Gasteiger partial charge in [0.15, 0.2) is 5.82 Å². The Kier molecular flexibility index (Phi) is 2.60. The highest BCUT2D eigenvalue weighted by atomic mass is 15.3. The molecule has 4 heteroatoms. The number of hydrogen-bond acceptors (Lipinski definition) is 3. The van der Waals surface area contributed by atoms with Gasteiger partial charge in [0, 0.05) is 12.4 Å². The first-order chi connectivity index (χ1) is 7.33. The second-order valence-corrected chi connectivity index (χ2v) is 3.12. The number of rotatable bonds is 3. The van der Waals surface area contributed by atoms with Gasteiger partial charge < -0.3 is 5.73 Å². The fourth-order valence-corrected chi connectivity index (χ4v) is 1.36. The van der Waals surface area contributed by atoms with E-state index in [1.165, 1.54) is 0 Å². The molecule has 15 heavy (non-hydrogen) atoms. The molecule has 0 aliphatic heterocycles. The van der Waals surface area contributed by atoms with Gasteiger partial charge in [-0.2, -0.15) is 5.10 Å². The maximum absolute atomic E-state index is 5.87. The summed E-state index contributed by atoms with van der Waals surface area (Å²) in [5.41, 5.74) is 6.75. The average molecular weight is 200 g/mol. The molecule has 76 valence electrons. The highest BCUT2D eigenvalue weighted by Gasteiger charge is 2.09. The first-order valence-corrected chi connectivity index (χ1v) is 4.66. The van der Waals surface area contributed by atoms with E-state index >= 15 is 0 Å². The summed E-state index contributed by atoms with van der Waals surface area (Å²) in [5.74, 6) is 0.759. The van der Waals surface area contributed by atoms with Gasteiger partial charge in [0.2, 0.25) is 0 Å². The van der Waals surface area contributed by atoms with Crippen LogP contribution in [0.2, 0.25) is 0 Å². The minimum absolute atomic E-state index is 0.227. The minimum atomic E-state index is -0.227. The van der Waals surface area contributed by atoms with Gasteiger partial charge in [0.25, 0.3) is 0 Å². The molecule has 1 unspecified atom stereocenters. The molecule has 0 amide bonds. The molecule has 0 saturated heterocycles. The fourth-order valence-electron chi connectivity index (χ4n) is 1.36. The molecule has 2 aromatic heterocycles. The molecule has 0 spiro atoms. The summed E-state index contributed by atoms with van der Waals surface area (Å²) in [6.07, 6.45) is 5.10. The number of nitrogens with two attached hydrogens (primary N) is 1. The molecule has 0 fully saturated rings. The van der Waals surface area contributed by atoms with Crippen molar-refractivity contribution in [3.8, 4) is 5.82 Å². The highest BCUT2D eigenvalue weighted by molar-refractivity contribution is 5.26. The zero-order chi connectivity index (χ0) is 10.7. The van der Waals surface area contributed by atoms with E-state index in [0.29, 0.717) is 0 Å². The molecule has 0 radical (unpaired) electrons. The van der Waals surface area contributed by atoms with Crippen LogP contribution in [-0.4, -0.2) is 14.8 Å². The molecule has 0 aliphatic carbocycles. The molecular weight excluding hydrogens is 188 g/mol. The van der Waals surface area contributed by atoms with E-state index in [-0.39, 0.29) is 6.04 Å². The molecule has 2 rings (SSSR count). The van der Waals surface area contributed by atoms with Gasteiger partial charge in [-0.3, -0.25) is 0 Å². The molecular formula is C11H12N4. The van der Waals surface area contributed by atoms with Crippen molar-refractivity contribution in [2.75, 3.05) is 0 Å². The second-order valence-electron chi connectivity index (χ2n) is 3.12. The van der Waals surface area contributed by atoms with Crippen LogP contribution in [0.15, 0.2) is 49.3 Å². The van der Waals surface area contributed by atoms with Crippen molar-refractivity contribution >= 4 is 0 Å². The third-order valence-corrected chi connectivity index (χ3v) is 2.13. The Morgan fingerprint density at radius 2 is 2.20 bits per heavy atom. The first kappa shape index (κ1) is 9.61. The monoisotopic (exact) mass is 200 g/mol. The van der Waals surface area contributed by atoms with E-state index in [0.717, 1.165) is 11.5 Å². The van der Waals surface area contributed by atoms with Crippen LogP contribution in [0.3, 0.4) is 0 Å². The summed E-state index contributed by atoms with van der Waals surface area (Å²) in [7, 11) is 0. The number of pyridine rings is 1. The lowest BCUT2D eigenvalue weighted by Gasteiger charge is -2.09. The molecule has 1 atom stereocenters. The zero-order valence-corrected chi connectivity index (χ0v) is 8.24. The lowest BCUT2D eigenvalue weighted by Crippen LogP contribution is -2.13. The predicted octanol–water partition coefficient (Wildman–Crippen LogP) is 1.45.